The molecule has 1 amide bonds. The Hall–Kier alpha value is -1.69. The number of ether oxygens (including phenoxy) is 1. The molecule has 0 atom stereocenters. The molecule has 2 rings (SSSR count). The second-order valence-corrected chi connectivity index (χ2v) is 4.33. The van der Waals surface area contributed by atoms with Gasteiger partial charge in [-0.25, -0.2) is 5.10 Å². The summed E-state index contributed by atoms with van der Waals surface area (Å²) in [5.74, 6) is -0.237. The first-order valence-corrected chi connectivity index (χ1v) is 4.96. The number of carbonyl (C=O) groups is 1. The molecule has 86 valence electrons. The van der Waals surface area contributed by atoms with Gasteiger partial charge in [-0.3, -0.25) is 9.59 Å². The monoisotopic (exact) mass is 223 g/mol. The number of nitrogens with one attached hydrogen (secondary N) is 1. The third-order valence-corrected chi connectivity index (χ3v) is 2.55. The van der Waals surface area contributed by atoms with Gasteiger partial charge in [-0.15, -0.1) is 0 Å². The lowest BCUT2D eigenvalue weighted by molar-refractivity contribution is 0.0598. The van der Waals surface area contributed by atoms with Crippen LogP contribution in [0.25, 0.3) is 0 Å². The van der Waals surface area contributed by atoms with Crippen LogP contribution in [0.3, 0.4) is 0 Å². The molecule has 0 aromatic carbocycles. The van der Waals surface area contributed by atoms with Gasteiger partial charge in [0.15, 0.2) is 0 Å². The van der Waals surface area contributed by atoms with Crippen molar-refractivity contribution in [3.05, 3.63) is 28.2 Å². The molecular weight excluding hydrogens is 210 g/mol. The van der Waals surface area contributed by atoms with Crippen LogP contribution in [-0.4, -0.2) is 39.9 Å². The lowest BCUT2D eigenvalue weighted by Crippen LogP contribution is -2.44. The van der Waals surface area contributed by atoms with Crippen molar-refractivity contribution in [2.24, 2.45) is 0 Å². The first-order valence-electron chi connectivity index (χ1n) is 4.96. The fourth-order valence-electron chi connectivity index (χ4n) is 1.57. The summed E-state index contributed by atoms with van der Waals surface area (Å²) in [6, 6.07) is 2.69. The first kappa shape index (κ1) is 10.8. The molecule has 1 fully saturated rings. The minimum atomic E-state index is -0.338. The van der Waals surface area contributed by atoms with Crippen LogP contribution in [0.15, 0.2) is 16.9 Å². The minimum absolute atomic E-state index is 0.221. The lowest BCUT2D eigenvalue weighted by atomic mass is 10.1. The van der Waals surface area contributed by atoms with E-state index in [1.165, 1.54) is 12.1 Å². The molecule has 1 aromatic heterocycles. The Morgan fingerprint density at radius 2 is 2.31 bits per heavy atom. The van der Waals surface area contributed by atoms with Gasteiger partial charge in [-0.1, -0.05) is 0 Å². The van der Waals surface area contributed by atoms with Crippen LogP contribution in [0.2, 0.25) is 0 Å². The van der Waals surface area contributed by atoms with Crippen molar-refractivity contribution >= 4 is 5.91 Å². The third kappa shape index (κ3) is 1.83. The van der Waals surface area contributed by atoms with Crippen LogP contribution < -0.4 is 5.56 Å². The normalized spacial score (nSPS) is 18.8. The predicted molar refractivity (Wildman–Crippen MR) is 55.9 cm³/mol. The van der Waals surface area contributed by atoms with Crippen molar-refractivity contribution in [1.29, 1.82) is 0 Å². The van der Waals surface area contributed by atoms with Crippen LogP contribution in [0, 0.1) is 0 Å². The molecule has 1 saturated heterocycles. The highest BCUT2D eigenvalue weighted by molar-refractivity contribution is 5.92. The molecule has 1 aliphatic rings. The minimum Gasteiger partial charge on any atom is -0.359 e. The molecule has 1 N–H and O–H groups in total. The highest BCUT2D eigenvalue weighted by Gasteiger charge is 2.37. The van der Waals surface area contributed by atoms with E-state index in [-0.39, 0.29) is 29.4 Å². The molecule has 6 nitrogen and oxygen atoms in total. The van der Waals surface area contributed by atoms with Gasteiger partial charge in [0.25, 0.3) is 11.5 Å². The van der Waals surface area contributed by atoms with E-state index < -0.39 is 0 Å². The Balaban J connectivity index is 2.25. The molecule has 0 radical (unpaired) electrons. The molecule has 2 heterocycles. The van der Waals surface area contributed by atoms with Crippen LogP contribution in [0.1, 0.15) is 24.3 Å². The average molecular weight is 223 g/mol. The van der Waals surface area contributed by atoms with Gasteiger partial charge in [-0.2, -0.15) is 5.10 Å². The second kappa shape index (κ2) is 3.71. The van der Waals surface area contributed by atoms with Gasteiger partial charge in [0.05, 0.1) is 12.1 Å². The quantitative estimate of drug-likeness (QED) is 0.726. The molecule has 0 bridgehead atoms. The van der Waals surface area contributed by atoms with E-state index in [9.17, 15) is 9.59 Å². The molecule has 0 aliphatic carbocycles. The second-order valence-electron chi connectivity index (χ2n) is 4.33. The number of hydrogen-bond acceptors (Lipinski definition) is 4. The summed E-state index contributed by atoms with van der Waals surface area (Å²) < 4.78 is 5.24. The van der Waals surface area contributed by atoms with Crippen LogP contribution in [0.4, 0.5) is 0 Å². The van der Waals surface area contributed by atoms with Crippen molar-refractivity contribution in [1.82, 2.24) is 15.1 Å². The topological polar surface area (TPSA) is 75.3 Å². The summed E-state index contributed by atoms with van der Waals surface area (Å²) in [5, 5.41) is 5.94. The Morgan fingerprint density at radius 1 is 1.56 bits per heavy atom. The van der Waals surface area contributed by atoms with E-state index in [2.05, 4.69) is 10.2 Å². The lowest BCUT2D eigenvalue weighted by Gasteiger charge is -2.28. The number of hydrogen-bond donors (Lipinski definition) is 1. The Morgan fingerprint density at radius 3 is 2.81 bits per heavy atom. The average Bonchev–Trinajstić information content (AvgIpc) is 2.58. The number of carbonyl (C=O) groups excluding carboxylic acids is 1. The maximum atomic E-state index is 12.0. The van der Waals surface area contributed by atoms with E-state index in [4.69, 9.17) is 4.74 Å². The Kier molecular flexibility index (Phi) is 2.51. The standard InChI is InChI=1S/C10H13N3O3/c1-10(2)5-16-6-13(10)9(15)7-3-4-8(14)12-11-7/h3-4H,5-6H2,1-2H3,(H,12,14). The van der Waals surface area contributed by atoms with Crippen molar-refractivity contribution in [3.8, 4) is 0 Å². The van der Waals surface area contributed by atoms with Crippen molar-refractivity contribution in [2.75, 3.05) is 13.3 Å². The smallest absolute Gasteiger partial charge is 0.276 e. The fraction of sp³-hybridized carbons (Fsp3) is 0.500. The predicted octanol–water partition coefficient (Wildman–Crippen LogP) is -0.0216. The maximum Gasteiger partial charge on any atom is 0.276 e. The zero-order valence-corrected chi connectivity index (χ0v) is 9.19. The van der Waals surface area contributed by atoms with Gasteiger partial charge in [0.2, 0.25) is 0 Å². The zero-order valence-electron chi connectivity index (χ0n) is 9.19. The van der Waals surface area contributed by atoms with E-state index in [0.29, 0.717) is 6.61 Å². The van der Waals surface area contributed by atoms with Crippen LogP contribution in [-0.2, 0) is 4.74 Å². The van der Waals surface area contributed by atoms with Crippen molar-refractivity contribution < 1.29 is 9.53 Å². The number of rotatable bonds is 1. The summed E-state index contributed by atoms with van der Waals surface area (Å²) in [4.78, 5) is 24.5. The number of H-pyrrole nitrogens is 1. The van der Waals surface area contributed by atoms with Gasteiger partial charge in [0, 0.05) is 6.07 Å². The molecular formula is C10H13N3O3. The van der Waals surface area contributed by atoms with E-state index >= 15 is 0 Å². The third-order valence-electron chi connectivity index (χ3n) is 2.55. The van der Waals surface area contributed by atoms with E-state index in [1.54, 1.807) is 4.90 Å². The summed E-state index contributed by atoms with van der Waals surface area (Å²) in [6.07, 6.45) is 0. The molecule has 16 heavy (non-hydrogen) atoms. The zero-order chi connectivity index (χ0) is 11.8. The summed E-state index contributed by atoms with van der Waals surface area (Å²) in [7, 11) is 0. The van der Waals surface area contributed by atoms with Crippen molar-refractivity contribution in [2.45, 2.75) is 19.4 Å². The highest BCUT2D eigenvalue weighted by Crippen LogP contribution is 2.22. The van der Waals surface area contributed by atoms with Gasteiger partial charge in [-0.05, 0) is 19.9 Å². The largest absolute Gasteiger partial charge is 0.359 e. The number of aromatic nitrogens is 2. The highest BCUT2D eigenvalue weighted by atomic mass is 16.5. The summed E-state index contributed by atoms with van der Waals surface area (Å²) in [6.45, 7) is 4.60. The number of aromatic amines is 1. The molecule has 1 aromatic rings. The SMILES string of the molecule is CC1(C)COCN1C(=O)c1ccc(=O)[nH]n1. The first-order chi connectivity index (χ1) is 7.50. The summed E-state index contributed by atoms with van der Waals surface area (Å²) in [5.41, 5.74) is -0.443. The van der Waals surface area contributed by atoms with E-state index in [0.717, 1.165) is 0 Å². The molecule has 1 aliphatic heterocycles. The van der Waals surface area contributed by atoms with Gasteiger partial charge >= 0.3 is 0 Å². The number of amides is 1. The molecule has 0 spiro atoms. The number of nitrogens with zero attached hydrogens (tertiary/aromatic N) is 2. The van der Waals surface area contributed by atoms with E-state index in [1.807, 2.05) is 13.8 Å². The van der Waals surface area contributed by atoms with Crippen LogP contribution in [0.5, 0.6) is 0 Å². The molecule has 0 saturated carbocycles. The summed E-state index contributed by atoms with van der Waals surface area (Å²) >= 11 is 0. The molecule has 6 heteroatoms. The Bertz CT molecular complexity index is 446. The van der Waals surface area contributed by atoms with Gasteiger partial charge in [0.1, 0.15) is 12.4 Å². The maximum absolute atomic E-state index is 12.0. The van der Waals surface area contributed by atoms with Crippen molar-refractivity contribution in [3.63, 3.8) is 0 Å². The van der Waals surface area contributed by atoms with Gasteiger partial charge < -0.3 is 9.64 Å². The Labute approximate surface area is 92.2 Å². The molecule has 0 unspecified atom stereocenters. The van der Waals surface area contributed by atoms with Crippen LogP contribution >= 0.6 is 0 Å². The fourth-order valence-corrected chi connectivity index (χ4v) is 1.57.